The van der Waals surface area contributed by atoms with Gasteiger partial charge in [0, 0.05) is 31.3 Å². The molecular formula is C20H19F2N3O3. The molecule has 0 aliphatic carbocycles. The van der Waals surface area contributed by atoms with E-state index in [-0.39, 0.29) is 17.0 Å². The van der Waals surface area contributed by atoms with Gasteiger partial charge in [-0.1, -0.05) is 6.07 Å². The van der Waals surface area contributed by atoms with E-state index in [2.05, 4.69) is 10.6 Å². The highest BCUT2D eigenvalue weighted by atomic mass is 19.2. The van der Waals surface area contributed by atoms with Crippen molar-refractivity contribution in [2.75, 3.05) is 18.5 Å². The normalized spacial score (nSPS) is 14.7. The quantitative estimate of drug-likeness (QED) is 0.827. The fraction of sp³-hybridized carbons (Fsp3) is 0.250. The summed E-state index contributed by atoms with van der Waals surface area (Å²) in [5.74, 6) is -3.25. The molecule has 146 valence electrons. The first-order valence-electron chi connectivity index (χ1n) is 8.78. The zero-order chi connectivity index (χ0) is 20.3. The molecular weight excluding hydrogens is 368 g/mol. The van der Waals surface area contributed by atoms with Crippen LogP contribution in [0.4, 0.5) is 14.5 Å². The average molecular weight is 387 g/mol. The number of rotatable bonds is 5. The summed E-state index contributed by atoms with van der Waals surface area (Å²) in [6.45, 7) is 0.638. The Hall–Kier alpha value is -3.29. The van der Waals surface area contributed by atoms with Gasteiger partial charge in [0.1, 0.15) is 6.04 Å². The first-order chi connectivity index (χ1) is 13.4. The highest BCUT2D eigenvalue weighted by Gasteiger charge is 2.25. The molecule has 0 bridgehead atoms. The molecule has 2 aromatic rings. The van der Waals surface area contributed by atoms with E-state index in [0.29, 0.717) is 18.7 Å². The van der Waals surface area contributed by atoms with E-state index in [4.69, 9.17) is 0 Å². The van der Waals surface area contributed by atoms with Gasteiger partial charge in [-0.2, -0.15) is 0 Å². The lowest BCUT2D eigenvalue weighted by Crippen LogP contribution is -2.39. The van der Waals surface area contributed by atoms with Crippen LogP contribution in [0.15, 0.2) is 42.5 Å². The van der Waals surface area contributed by atoms with Crippen LogP contribution in [0, 0.1) is 11.6 Å². The lowest BCUT2D eigenvalue weighted by Gasteiger charge is -2.19. The van der Waals surface area contributed by atoms with Gasteiger partial charge in [-0.05, 0) is 48.4 Å². The number of nitrogens with zero attached hydrogens (tertiary/aromatic N) is 1. The second kappa shape index (κ2) is 8.16. The summed E-state index contributed by atoms with van der Waals surface area (Å²) in [6, 6.07) is 8.22. The van der Waals surface area contributed by atoms with Crippen molar-refractivity contribution >= 4 is 23.4 Å². The fourth-order valence-corrected chi connectivity index (χ4v) is 3.06. The number of hydrogen-bond donors (Lipinski definition) is 2. The third-order valence-electron chi connectivity index (χ3n) is 4.58. The van der Waals surface area contributed by atoms with Gasteiger partial charge in [0.15, 0.2) is 11.6 Å². The molecule has 0 aromatic heterocycles. The van der Waals surface area contributed by atoms with Crippen LogP contribution in [-0.2, 0) is 9.59 Å². The summed E-state index contributed by atoms with van der Waals surface area (Å²) in [7, 11) is 1.38. The van der Waals surface area contributed by atoms with Gasteiger partial charge in [0.25, 0.3) is 5.91 Å². The van der Waals surface area contributed by atoms with Crippen LogP contribution in [0.25, 0.3) is 0 Å². The Morgan fingerprint density at radius 1 is 1.07 bits per heavy atom. The van der Waals surface area contributed by atoms with E-state index >= 15 is 0 Å². The molecule has 1 fully saturated rings. The van der Waals surface area contributed by atoms with Crippen molar-refractivity contribution in [3.05, 3.63) is 65.2 Å². The van der Waals surface area contributed by atoms with Gasteiger partial charge in [-0.3, -0.25) is 14.4 Å². The summed E-state index contributed by atoms with van der Waals surface area (Å²) in [4.78, 5) is 38.2. The molecule has 3 amide bonds. The van der Waals surface area contributed by atoms with Gasteiger partial charge >= 0.3 is 0 Å². The van der Waals surface area contributed by atoms with Gasteiger partial charge in [0.05, 0.1) is 0 Å². The summed E-state index contributed by atoms with van der Waals surface area (Å²) in [5, 5.41) is 4.92. The predicted molar refractivity (Wildman–Crippen MR) is 98.7 cm³/mol. The zero-order valence-corrected chi connectivity index (χ0v) is 15.2. The highest BCUT2D eigenvalue weighted by molar-refractivity contribution is 5.99. The Balaban J connectivity index is 1.78. The third kappa shape index (κ3) is 4.00. The number of amides is 3. The number of likely N-dealkylation sites (N-methyl/N-ethyl adjacent to an activating group) is 1. The molecule has 1 saturated heterocycles. The van der Waals surface area contributed by atoms with E-state index < -0.39 is 29.5 Å². The summed E-state index contributed by atoms with van der Waals surface area (Å²) in [6.07, 6.45) is 1.30. The molecule has 0 saturated carbocycles. The van der Waals surface area contributed by atoms with E-state index in [1.807, 2.05) is 0 Å². The number of nitrogens with one attached hydrogen (secondary N) is 2. The Bertz CT molecular complexity index is 915. The maximum atomic E-state index is 13.5. The average Bonchev–Trinajstić information content (AvgIpc) is 3.13. The Kier molecular flexibility index (Phi) is 5.67. The van der Waals surface area contributed by atoms with Crippen LogP contribution in [-0.4, -0.2) is 31.3 Å². The van der Waals surface area contributed by atoms with Gasteiger partial charge in [-0.15, -0.1) is 0 Å². The van der Waals surface area contributed by atoms with Crippen LogP contribution >= 0.6 is 0 Å². The number of carbonyl (C=O) groups excluding carboxylic acids is 3. The van der Waals surface area contributed by atoms with Crippen molar-refractivity contribution in [1.82, 2.24) is 10.6 Å². The van der Waals surface area contributed by atoms with E-state index in [1.165, 1.54) is 13.1 Å². The minimum Gasteiger partial charge on any atom is -0.357 e. The Morgan fingerprint density at radius 2 is 1.79 bits per heavy atom. The van der Waals surface area contributed by atoms with Gasteiger partial charge < -0.3 is 15.5 Å². The van der Waals surface area contributed by atoms with Crippen LogP contribution in [0.2, 0.25) is 0 Å². The summed E-state index contributed by atoms with van der Waals surface area (Å²) < 4.78 is 26.7. The first kappa shape index (κ1) is 19.5. The third-order valence-corrected chi connectivity index (χ3v) is 4.58. The topological polar surface area (TPSA) is 78.5 Å². The molecule has 1 unspecified atom stereocenters. The minimum atomic E-state index is -1.19. The second-order valence-electron chi connectivity index (χ2n) is 6.39. The van der Waals surface area contributed by atoms with Crippen molar-refractivity contribution in [1.29, 1.82) is 0 Å². The standard InChI is InChI=1S/C20H19F2N3O3/c1-23-20(28)18(13-6-9-15(21)16(22)11-13)24-19(27)12-4-7-14(8-5-12)25-10-2-3-17(25)26/h4-9,11,18H,2-3,10H2,1H3,(H,23,28)(H,24,27). The molecule has 2 aromatic carbocycles. The molecule has 0 spiro atoms. The predicted octanol–water partition coefficient (Wildman–Crippen LogP) is 2.31. The van der Waals surface area contributed by atoms with Crippen LogP contribution in [0.3, 0.4) is 0 Å². The highest BCUT2D eigenvalue weighted by Crippen LogP contribution is 2.22. The largest absolute Gasteiger partial charge is 0.357 e. The van der Waals surface area contributed by atoms with Crippen molar-refractivity contribution < 1.29 is 23.2 Å². The lowest BCUT2D eigenvalue weighted by atomic mass is 10.0. The number of benzene rings is 2. The maximum absolute atomic E-state index is 13.5. The molecule has 1 aliphatic rings. The van der Waals surface area contributed by atoms with Crippen molar-refractivity contribution in [3.8, 4) is 0 Å². The molecule has 6 nitrogen and oxygen atoms in total. The first-order valence-corrected chi connectivity index (χ1v) is 8.78. The second-order valence-corrected chi connectivity index (χ2v) is 6.39. The van der Waals surface area contributed by atoms with Crippen molar-refractivity contribution in [3.63, 3.8) is 0 Å². The Labute approximate surface area is 160 Å². The molecule has 8 heteroatoms. The van der Waals surface area contributed by atoms with E-state index in [0.717, 1.165) is 18.6 Å². The minimum absolute atomic E-state index is 0.0372. The van der Waals surface area contributed by atoms with Crippen LogP contribution < -0.4 is 15.5 Å². The van der Waals surface area contributed by atoms with Crippen molar-refractivity contribution in [2.24, 2.45) is 0 Å². The zero-order valence-electron chi connectivity index (χ0n) is 15.2. The smallest absolute Gasteiger partial charge is 0.252 e. The van der Waals surface area contributed by atoms with Gasteiger partial charge in [0.2, 0.25) is 11.8 Å². The molecule has 1 atom stereocenters. The summed E-state index contributed by atoms with van der Waals surface area (Å²) in [5.41, 5.74) is 1.08. The molecule has 2 N–H and O–H groups in total. The SMILES string of the molecule is CNC(=O)C(NC(=O)c1ccc(N2CCCC2=O)cc1)c1ccc(F)c(F)c1. The van der Waals surface area contributed by atoms with E-state index in [1.54, 1.807) is 29.2 Å². The Morgan fingerprint density at radius 3 is 2.36 bits per heavy atom. The number of halogens is 2. The van der Waals surface area contributed by atoms with Crippen molar-refractivity contribution in [2.45, 2.75) is 18.9 Å². The number of hydrogen-bond acceptors (Lipinski definition) is 3. The monoisotopic (exact) mass is 387 g/mol. The molecule has 3 rings (SSSR count). The lowest BCUT2D eigenvalue weighted by molar-refractivity contribution is -0.122. The van der Waals surface area contributed by atoms with Crippen LogP contribution in [0.1, 0.15) is 34.8 Å². The number of anilines is 1. The maximum Gasteiger partial charge on any atom is 0.252 e. The molecule has 28 heavy (non-hydrogen) atoms. The fourth-order valence-electron chi connectivity index (χ4n) is 3.06. The summed E-state index contributed by atoms with van der Waals surface area (Å²) >= 11 is 0. The van der Waals surface area contributed by atoms with Crippen LogP contribution in [0.5, 0.6) is 0 Å². The molecule has 1 heterocycles. The van der Waals surface area contributed by atoms with E-state index in [9.17, 15) is 23.2 Å². The number of carbonyl (C=O) groups is 3. The molecule has 0 radical (unpaired) electrons. The van der Waals surface area contributed by atoms with Gasteiger partial charge in [-0.25, -0.2) is 8.78 Å². The molecule has 1 aliphatic heterocycles.